The number of ether oxygens (including phenoxy) is 2. The van der Waals surface area contributed by atoms with Gasteiger partial charge in [-0.25, -0.2) is 0 Å². The van der Waals surface area contributed by atoms with Gasteiger partial charge in [0.25, 0.3) is 0 Å². The van der Waals surface area contributed by atoms with E-state index in [0.29, 0.717) is 25.4 Å². The highest BCUT2D eigenvalue weighted by Gasteiger charge is 2.50. The summed E-state index contributed by atoms with van der Waals surface area (Å²) in [6.45, 7) is 4.57. The Bertz CT molecular complexity index is 425. The number of hydrogen-bond acceptors (Lipinski definition) is 5. The van der Waals surface area contributed by atoms with Crippen LogP contribution in [0.1, 0.15) is 58.8 Å². The van der Waals surface area contributed by atoms with Gasteiger partial charge in [0, 0.05) is 25.0 Å². The molecule has 0 spiro atoms. The maximum atomic E-state index is 11.8. The number of carbonyl (C=O) groups excluding carboxylic acids is 1. The minimum absolute atomic E-state index is 0.0000200. The van der Waals surface area contributed by atoms with Crippen molar-refractivity contribution in [2.75, 3.05) is 6.54 Å². The highest BCUT2D eigenvalue weighted by atomic mass is 16.6. The zero-order valence-electron chi connectivity index (χ0n) is 14.9. The lowest BCUT2D eigenvalue weighted by Gasteiger charge is -2.26. The standard InChI is InChI=1S/C18H32N2O4/c1-11(2)20-16(21)9-13-8-14-18(23-13)17(22)15(24-14)10-19-12-6-4-3-5-7-12/h11-15,17-19,22H,3-10H2,1-2H3,(H,20,21). The Kier molecular flexibility index (Phi) is 6.13. The number of amides is 1. The van der Waals surface area contributed by atoms with E-state index < -0.39 is 6.10 Å². The third kappa shape index (κ3) is 4.48. The Morgan fingerprint density at radius 2 is 1.96 bits per heavy atom. The molecule has 3 N–H and O–H groups in total. The van der Waals surface area contributed by atoms with Crippen LogP contribution >= 0.6 is 0 Å². The van der Waals surface area contributed by atoms with Crippen molar-refractivity contribution in [2.45, 2.75) is 101 Å². The highest BCUT2D eigenvalue weighted by molar-refractivity contribution is 5.76. The zero-order chi connectivity index (χ0) is 17.1. The average Bonchev–Trinajstić information content (AvgIpc) is 3.04. The van der Waals surface area contributed by atoms with Gasteiger partial charge in [-0.05, 0) is 26.7 Å². The summed E-state index contributed by atoms with van der Waals surface area (Å²) in [6, 6.07) is 0.693. The summed E-state index contributed by atoms with van der Waals surface area (Å²) in [5.74, 6) is -0.0000200. The van der Waals surface area contributed by atoms with Crippen LogP contribution in [0.2, 0.25) is 0 Å². The second kappa shape index (κ2) is 8.13. The molecule has 6 heteroatoms. The first kappa shape index (κ1) is 18.1. The van der Waals surface area contributed by atoms with Crippen LogP contribution in [0.15, 0.2) is 0 Å². The van der Waals surface area contributed by atoms with Gasteiger partial charge < -0.3 is 25.2 Å². The Labute approximate surface area is 144 Å². The van der Waals surface area contributed by atoms with Gasteiger partial charge in [0.15, 0.2) is 0 Å². The fourth-order valence-electron chi connectivity index (χ4n) is 4.19. The molecule has 5 unspecified atom stereocenters. The third-order valence-corrected chi connectivity index (χ3v) is 5.35. The maximum Gasteiger partial charge on any atom is 0.222 e. The molecule has 0 aromatic carbocycles. The van der Waals surface area contributed by atoms with Crippen LogP contribution < -0.4 is 10.6 Å². The zero-order valence-corrected chi connectivity index (χ0v) is 14.9. The number of nitrogens with one attached hydrogen (secondary N) is 2. The van der Waals surface area contributed by atoms with E-state index >= 15 is 0 Å². The first-order valence-corrected chi connectivity index (χ1v) is 9.54. The monoisotopic (exact) mass is 340 g/mol. The number of rotatable bonds is 6. The molecule has 2 saturated heterocycles. The number of fused-ring (bicyclic) bond motifs is 1. The van der Waals surface area contributed by atoms with Crippen LogP contribution in [0.5, 0.6) is 0 Å². The van der Waals surface area contributed by atoms with E-state index in [2.05, 4.69) is 10.6 Å². The smallest absolute Gasteiger partial charge is 0.222 e. The molecule has 24 heavy (non-hydrogen) atoms. The fraction of sp³-hybridized carbons (Fsp3) is 0.944. The van der Waals surface area contributed by atoms with Crippen molar-refractivity contribution >= 4 is 5.91 Å². The van der Waals surface area contributed by atoms with Crippen molar-refractivity contribution in [1.29, 1.82) is 0 Å². The first-order valence-electron chi connectivity index (χ1n) is 9.54. The molecule has 1 saturated carbocycles. The van der Waals surface area contributed by atoms with Crippen LogP contribution in [0.4, 0.5) is 0 Å². The predicted molar refractivity (Wildman–Crippen MR) is 90.7 cm³/mol. The summed E-state index contributed by atoms with van der Waals surface area (Å²) < 4.78 is 11.9. The molecule has 3 rings (SSSR count). The van der Waals surface area contributed by atoms with Crippen molar-refractivity contribution in [2.24, 2.45) is 0 Å². The summed E-state index contributed by atoms with van der Waals surface area (Å²) >= 11 is 0. The molecule has 0 aromatic heterocycles. The van der Waals surface area contributed by atoms with Crippen LogP contribution in [-0.2, 0) is 14.3 Å². The lowest BCUT2D eigenvalue weighted by molar-refractivity contribution is -0.125. The van der Waals surface area contributed by atoms with Crippen LogP contribution in [-0.4, -0.2) is 60.2 Å². The highest BCUT2D eigenvalue weighted by Crippen LogP contribution is 2.35. The van der Waals surface area contributed by atoms with Crippen molar-refractivity contribution in [3.8, 4) is 0 Å². The molecule has 138 valence electrons. The molecule has 2 heterocycles. The minimum Gasteiger partial charge on any atom is -0.388 e. The summed E-state index contributed by atoms with van der Waals surface area (Å²) in [5.41, 5.74) is 0. The van der Waals surface area contributed by atoms with Gasteiger partial charge in [-0.2, -0.15) is 0 Å². The molecule has 1 aliphatic carbocycles. The molecule has 1 amide bonds. The summed E-state index contributed by atoms with van der Waals surface area (Å²) in [4.78, 5) is 11.8. The average molecular weight is 340 g/mol. The van der Waals surface area contributed by atoms with Crippen molar-refractivity contribution in [1.82, 2.24) is 10.6 Å². The minimum atomic E-state index is -0.607. The van der Waals surface area contributed by atoms with Gasteiger partial charge in [0.2, 0.25) is 5.91 Å². The number of hydrogen-bond donors (Lipinski definition) is 3. The number of aliphatic hydroxyl groups is 1. The third-order valence-electron chi connectivity index (χ3n) is 5.35. The quantitative estimate of drug-likeness (QED) is 0.675. The Hall–Kier alpha value is -0.690. The maximum absolute atomic E-state index is 11.8. The van der Waals surface area contributed by atoms with E-state index in [4.69, 9.17) is 9.47 Å². The van der Waals surface area contributed by atoms with Gasteiger partial charge in [-0.1, -0.05) is 19.3 Å². The molecule has 5 atom stereocenters. The number of aliphatic hydroxyl groups excluding tert-OH is 1. The molecule has 0 radical (unpaired) electrons. The Morgan fingerprint density at radius 3 is 2.62 bits per heavy atom. The molecule has 3 fully saturated rings. The molecule has 2 aliphatic heterocycles. The second-order valence-corrected chi connectivity index (χ2v) is 7.83. The predicted octanol–water partition coefficient (Wildman–Crippen LogP) is 1.11. The molecule has 0 aromatic rings. The van der Waals surface area contributed by atoms with Crippen LogP contribution in [0.25, 0.3) is 0 Å². The van der Waals surface area contributed by atoms with Gasteiger partial charge >= 0.3 is 0 Å². The van der Waals surface area contributed by atoms with Crippen molar-refractivity contribution < 1.29 is 19.4 Å². The fourth-order valence-corrected chi connectivity index (χ4v) is 4.19. The van der Waals surface area contributed by atoms with Crippen LogP contribution in [0, 0.1) is 0 Å². The summed E-state index contributed by atoms with van der Waals surface area (Å²) in [6.07, 6.45) is 6.05. The van der Waals surface area contributed by atoms with Crippen molar-refractivity contribution in [3.05, 3.63) is 0 Å². The molecule has 0 bridgehead atoms. The normalized spacial score (nSPS) is 36.9. The van der Waals surface area contributed by atoms with Gasteiger partial charge in [-0.15, -0.1) is 0 Å². The van der Waals surface area contributed by atoms with E-state index in [1.54, 1.807) is 0 Å². The molecule has 3 aliphatic rings. The SMILES string of the molecule is CC(C)NC(=O)CC1CC2OC(CNC3CCCCC3)C(O)C2O1. The largest absolute Gasteiger partial charge is 0.388 e. The molecular formula is C18H32N2O4. The summed E-state index contributed by atoms with van der Waals surface area (Å²) in [7, 11) is 0. The van der Waals surface area contributed by atoms with E-state index in [1.165, 1.54) is 32.1 Å². The van der Waals surface area contributed by atoms with Gasteiger partial charge in [-0.3, -0.25) is 4.79 Å². The van der Waals surface area contributed by atoms with E-state index in [1.807, 2.05) is 13.8 Å². The van der Waals surface area contributed by atoms with Gasteiger partial charge in [0.1, 0.15) is 12.2 Å². The molecular weight excluding hydrogens is 308 g/mol. The van der Waals surface area contributed by atoms with E-state index in [-0.39, 0.29) is 36.4 Å². The first-order chi connectivity index (χ1) is 11.5. The van der Waals surface area contributed by atoms with Gasteiger partial charge in [0.05, 0.1) is 24.7 Å². The van der Waals surface area contributed by atoms with E-state index in [9.17, 15) is 9.90 Å². The lowest BCUT2D eigenvalue weighted by Crippen LogP contribution is -2.43. The van der Waals surface area contributed by atoms with E-state index in [0.717, 1.165) is 0 Å². The Balaban J connectivity index is 1.41. The Morgan fingerprint density at radius 1 is 1.21 bits per heavy atom. The second-order valence-electron chi connectivity index (χ2n) is 7.83. The summed E-state index contributed by atoms with van der Waals surface area (Å²) in [5, 5.41) is 16.9. The van der Waals surface area contributed by atoms with Crippen molar-refractivity contribution in [3.63, 3.8) is 0 Å². The lowest BCUT2D eigenvalue weighted by atomic mass is 9.95. The topological polar surface area (TPSA) is 79.8 Å². The molecule has 6 nitrogen and oxygen atoms in total. The number of carbonyl (C=O) groups is 1. The van der Waals surface area contributed by atoms with Crippen LogP contribution in [0.3, 0.4) is 0 Å².